The molecule has 2 aromatic rings. The van der Waals surface area contributed by atoms with Crippen LogP contribution in [0, 0.1) is 0 Å². The number of alkyl halides is 3. The van der Waals surface area contributed by atoms with Crippen molar-refractivity contribution in [3.8, 4) is 0 Å². The molecule has 1 aromatic carbocycles. The first kappa shape index (κ1) is 14.6. The highest BCUT2D eigenvalue weighted by Crippen LogP contribution is 2.30. The number of aromatic nitrogens is 2. The Bertz CT molecular complexity index is 518. The number of hydrogen-bond donors (Lipinski definition) is 2. The van der Waals surface area contributed by atoms with E-state index < -0.39 is 11.7 Å². The average Bonchev–Trinajstić information content (AvgIpc) is 2.90. The Labute approximate surface area is 115 Å². The van der Waals surface area contributed by atoms with E-state index in [9.17, 15) is 13.2 Å². The molecule has 0 radical (unpaired) electrons. The van der Waals surface area contributed by atoms with E-state index in [1.807, 2.05) is 6.92 Å². The molecule has 0 bridgehead atoms. The van der Waals surface area contributed by atoms with Crippen LogP contribution in [0.5, 0.6) is 0 Å². The van der Waals surface area contributed by atoms with Crippen LogP contribution in [0.3, 0.4) is 0 Å². The number of rotatable bonds is 5. The zero-order valence-corrected chi connectivity index (χ0v) is 11.0. The van der Waals surface area contributed by atoms with Crippen LogP contribution in [0.4, 0.5) is 13.2 Å². The topological polar surface area (TPSA) is 40.7 Å². The minimum atomic E-state index is -4.30. The molecule has 1 aromatic heterocycles. The second-order valence-corrected chi connectivity index (χ2v) is 4.47. The van der Waals surface area contributed by atoms with E-state index in [-0.39, 0.29) is 6.04 Å². The Balaban J connectivity index is 2.17. The summed E-state index contributed by atoms with van der Waals surface area (Å²) in [6.45, 7) is 2.69. The van der Waals surface area contributed by atoms with Crippen LogP contribution in [0.2, 0.25) is 0 Å². The molecule has 0 aliphatic carbocycles. The van der Waals surface area contributed by atoms with Crippen molar-refractivity contribution in [2.45, 2.75) is 25.6 Å². The largest absolute Gasteiger partial charge is 0.416 e. The van der Waals surface area contributed by atoms with Crippen molar-refractivity contribution >= 4 is 0 Å². The second kappa shape index (κ2) is 6.09. The van der Waals surface area contributed by atoms with Crippen molar-refractivity contribution in [3.63, 3.8) is 0 Å². The minimum Gasteiger partial charge on any atom is -0.349 e. The number of nitrogens with zero attached hydrogens (tertiary/aromatic N) is 1. The molecule has 0 spiro atoms. The van der Waals surface area contributed by atoms with Crippen molar-refractivity contribution in [2.75, 3.05) is 6.54 Å². The number of likely N-dealkylation sites (N-methyl/N-ethyl adjacent to an activating group) is 1. The quantitative estimate of drug-likeness (QED) is 0.883. The maximum atomic E-state index is 12.5. The summed E-state index contributed by atoms with van der Waals surface area (Å²) >= 11 is 0. The lowest BCUT2D eigenvalue weighted by molar-refractivity contribution is -0.137. The molecule has 0 amide bonds. The molecule has 1 atom stereocenters. The molecule has 0 fully saturated rings. The summed E-state index contributed by atoms with van der Waals surface area (Å²) in [6, 6.07) is 5.19. The third-order valence-electron chi connectivity index (χ3n) is 3.04. The van der Waals surface area contributed by atoms with Gasteiger partial charge in [-0.3, -0.25) is 0 Å². The number of hydrogen-bond acceptors (Lipinski definition) is 2. The molecular formula is C14H16F3N3. The molecule has 0 aliphatic rings. The molecule has 108 valence electrons. The predicted octanol–water partition coefficient (Wildman–Crippen LogP) is 3.32. The van der Waals surface area contributed by atoms with Gasteiger partial charge in [0.1, 0.15) is 5.82 Å². The van der Waals surface area contributed by atoms with Gasteiger partial charge in [0.25, 0.3) is 0 Å². The number of benzene rings is 1. The second-order valence-electron chi connectivity index (χ2n) is 4.47. The fraction of sp³-hybridized carbons (Fsp3) is 0.357. The van der Waals surface area contributed by atoms with Gasteiger partial charge >= 0.3 is 6.18 Å². The van der Waals surface area contributed by atoms with Crippen LogP contribution in [0.1, 0.15) is 29.9 Å². The standard InChI is InChI=1S/C14H16F3N3/c1-2-18-12(9-13-19-7-8-20-13)10-3-5-11(6-4-10)14(15,16)17/h3-8,12,18H,2,9H2,1H3,(H,19,20). The molecule has 2 rings (SSSR count). The fourth-order valence-electron chi connectivity index (χ4n) is 2.06. The lowest BCUT2D eigenvalue weighted by Crippen LogP contribution is -2.23. The van der Waals surface area contributed by atoms with E-state index >= 15 is 0 Å². The van der Waals surface area contributed by atoms with Crippen molar-refractivity contribution < 1.29 is 13.2 Å². The maximum Gasteiger partial charge on any atom is 0.416 e. The van der Waals surface area contributed by atoms with Gasteiger partial charge in [-0.15, -0.1) is 0 Å². The van der Waals surface area contributed by atoms with Gasteiger partial charge in [0, 0.05) is 24.9 Å². The van der Waals surface area contributed by atoms with Crippen LogP contribution >= 0.6 is 0 Å². The van der Waals surface area contributed by atoms with Gasteiger partial charge < -0.3 is 10.3 Å². The van der Waals surface area contributed by atoms with E-state index in [0.29, 0.717) is 6.42 Å². The summed E-state index contributed by atoms with van der Waals surface area (Å²) in [7, 11) is 0. The molecule has 0 saturated heterocycles. The van der Waals surface area contributed by atoms with Crippen LogP contribution in [-0.4, -0.2) is 16.5 Å². The SMILES string of the molecule is CCNC(Cc1ncc[nH]1)c1ccc(C(F)(F)F)cc1. The lowest BCUT2D eigenvalue weighted by atomic mass is 10.0. The van der Waals surface area contributed by atoms with Crippen LogP contribution in [0.15, 0.2) is 36.7 Å². The molecule has 0 saturated carbocycles. The maximum absolute atomic E-state index is 12.5. The van der Waals surface area contributed by atoms with Crippen molar-refractivity contribution in [1.29, 1.82) is 0 Å². The highest BCUT2D eigenvalue weighted by molar-refractivity contribution is 5.27. The molecule has 0 aliphatic heterocycles. The average molecular weight is 283 g/mol. The summed E-state index contributed by atoms with van der Waals surface area (Å²) in [5.41, 5.74) is 0.186. The van der Waals surface area contributed by atoms with Gasteiger partial charge in [-0.2, -0.15) is 13.2 Å². The zero-order chi connectivity index (χ0) is 14.6. The Morgan fingerprint density at radius 1 is 1.25 bits per heavy atom. The number of H-pyrrole nitrogens is 1. The molecular weight excluding hydrogens is 267 g/mol. The van der Waals surface area contributed by atoms with Crippen LogP contribution in [0.25, 0.3) is 0 Å². The summed E-state index contributed by atoms with van der Waals surface area (Å²) in [5, 5.41) is 3.25. The highest BCUT2D eigenvalue weighted by Gasteiger charge is 2.30. The first-order valence-electron chi connectivity index (χ1n) is 6.39. The smallest absolute Gasteiger partial charge is 0.349 e. The molecule has 1 unspecified atom stereocenters. The van der Waals surface area contributed by atoms with Gasteiger partial charge in [0.2, 0.25) is 0 Å². The fourth-order valence-corrected chi connectivity index (χ4v) is 2.06. The van der Waals surface area contributed by atoms with E-state index in [1.165, 1.54) is 12.1 Å². The minimum absolute atomic E-state index is 0.0616. The summed E-state index contributed by atoms with van der Waals surface area (Å²) < 4.78 is 37.6. The van der Waals surface area contributed by atoms with Gasteiger partial charge in [0.15, 0.2) is 0 Å². The van der Waals surface area contributed by atoms with Crippen LogP contribution < -0.4 is 5.32 Å². The van der Waals surface area contributed by atoms with Gasteiger partial charge in [-0.1, -0.05) is 19.1 Å². The Morgan fingerprint density at radius 3 is 2.45 bits per heavy atom. The first-order valence-corrected chi connectivity index (χ1v) is 6.39. The van der Waals surface area contributed by atoms with Crippen molar-refractivity contribution in [1.82, 2.24) is 15.3 Å². The first-order chi connectivity index (χ1) is 9.50. The number of nitrogens with one attached hydrogen (secondary N) is 2. The Morgan fingerprint density at radius 2 is 1.95 bits per heavy atom. The van der Waals surface area contributed by atoms with Crippen LogP contribution in [-0.2, 0) is 12.6 Å². The zero-order valence-electron chi connectivity index (χ0n) is 11.0. The van der Waals surface area contributed by atoms with Crippen molar-refractivity contribution in [3.05, 3.63) is 53.6 Å². The molecule has 20 heavy (non-hydrogen) atoms. The lowest BCUT2D eigenvalue weighted by Gasteiger charge is -2.18. The Hall–Kier alpha value is -1.82. The van der Waals surface area contributed by atoms with E-state index in [0.717, 1.165) is 30.1 Å². The number of aromatic amines is 1. The van der Waals surface area contributed by atoms with Crippen molar-refractivity contribution in [2.24, 2.45) is 0 Å². The van der Waals surface area contributed by atoms with Gasteiger partial charge in [-0.25, -0.2) is 4.98 Å². The van der Waals surface area contributed by atoms with Gasteiger partial charge in [0.05, 0.1) is 5.56 Å². The predicted molar refractivity (Wildman–Crippen MR) is 70.2 cm³/mol. The molecule has 1 heterocycles. The molecule has 6 heteroatoms. The number of halogens is 3. The third-order valence-corrected chi connectivity index (χ3v) is 3.04. The monoisotopic (exact) mass is 283 g/mol. The van der Waals surface area contributed by atoms with E-state index in [1.54, 1.807) is 12.4 Å². The van der Waals surface area contributed by atoms with E-state index in [4.69, 9.17) is 0 Å². The summed E-state index contributed by atoms with van der Waals surface area (Å²) in [4.78, 5) is 7.15. The molecule has 3 nitrogen and oxygen atoms in total. The van der Waals surface area contributed by atoms with Gasteiger partial charge in [-0.05, 0) is 24.2 Å². The summed E-state index contributed by atoms with van der Waals surface area (Å²) in [6.07, 6.45) is -0.310. The highest BCUT2D eigenvalue weighted by atomic mass is 19.4. The summed E-state index contributed by atoms with van der Waals surface area (Å²) in [5.74, 6) is 0.802. The van der Waals surface area contributed by atoms with E-state index in [2.05, 4.69) is 15.3 Å². The number of imidazole rings is 1. The third kappa shape index (κ3) is 3.60. The molecule has 2 N–H and O–H groups in total. The normalized spacial score (nSPS) is 13.4. The Kier molecular flexibility index (Phi) is 4.44.